The number of ketones is 1. The minimum atomic E-state index is -0.851. The van der Waals surface area contributed by atoms with Crippen LogP contribution in [-0.2, 0) is 24.0 Å². The second-order valence-corrected chi connectivity index (χ2v) is 6.96. The number of rotatable bonds is 12. The van der Waals surface area contributed by atoms with Gasteiger partial charge in [-0.15, -0.1) is 0 Å². The molecule has 0 heterocycles. The fourth-order valence-electron chi connectivity index (χ4n) is 2.29. The summed E-state index contributed by atoms with van der Waals surface area (Å²) in [5.41, 5.74) is 0. The van der Waals surface area contributed by atoms with Crippen molar-refractivity contribution in [2.45, 2.75) is 64.7 Å². The molecule has 3 N–H and O–H groups in total. The molecule has 0 aliphatic rings. The van der Waals surface area contributed by atoms with E-state index in [0.717, 1.165) is 0 Å². The normalized spacial score (nSPS) is 15.4. The maximum Gasteiger partial charge on any atom is 0.242 e. The first-order chi connectivity index (χ1) is 13.0. The number of nitrogens with one attached hydrogen (secondary N) is 3. The summed E-state index contributed by atoms with van der Waals surface area (Å²) in [4.78, 5) is 59.8. The van der Waals surface area contributed by atoms with E-state index in [4.69, 9.17) is 0 Å². The summed E-state index contributed by atoms with van der Waals surface area (Å²) in [6.07, 6.45) is 4.78. The molecule has 0 aromatic heterocycles. The van der Waals surface area contributed by atoms with E-state index in [2.05, 4.69) is 16.0 Å². The number of allylic oxidation sites excluding steroid dienone is 2. The van der Waals surface area contributed by atoms with Gasteiger partial charge < -0.3 is 20.7 Å². The molecule has 0 bridgehead atoms. The van der Waals surface area contributed by atoms with E-state index in [1.165, 1.54) is 33.8 Å². The van der Waals surface area contributed by atoms with Crippen LogP contribution in [-0.4, -0.2) is 73.0 Å². The van der Waals surface area contributed by atoms with E-state index in [0.29, 0.717) is 19.1 Å². The Balaban J connectivity index is 4.69. The van der Waals surface area contributed by atoms with Gasteiger partial charge in [-0.05, 0) is 60.7 Å². The predicted molar refractivity (Wildman–Crippen MR) is 105 cm³/mol. The third-order valence-corrected chi connectivity index (χ3v) is 3.96. The van der Waals surface area contributed by atoms with Gasteiger partial charge in [-0.2, -0.15) is 0 Å². The summed E-state index contributed by atoms with van der Waals surface area (Å²) in [6.45, 7) is 5.99. The average Bonchev–Trinajstić information content (AvgIpc) is 2.60. The summed E-state index contributed by atoms with van der Waals surface area (Å²) in [5.74, 6) is -1.38. The Hall–Kier alpha value is -2.55. The van der Waals surface area contributed by atoms with Crippen LogP contribution in [0.25, 0.3) is 0 Å². The number of carbonyl (C=O) groups excluding carboxylic acids is 5. The number of amides is 3. The smallest absolute Gasteiger partial charge is 0.242 e. The fourth-order valence-corrected chi connectivity index (χ4v) is 2.29. The summed E-state index contributed by atoms with van der Waals surface area (Å²) >= 11 is 0. The van der Waals surface area contributed by atoms with E-state index in [1.807, 2.05) is 0 Å². The molecule has 0 saturated heterocycles. The number of likely N-dealkylation sites (N-methyl/N-ethyl adjacent to an activating group) is 1. The highest BCUT2D eigenvalue weighted by atomic mass is 16.2. The van der Waals surface area contributed by atoms with Crippen LogP contribution < -0.4 is 16.0 Å². The molecule has 0 aromatic rings. The number of aldehydes is 1. The van der Waals surface area contributed by atoms with Crippen molar-refractivity contribution in [1.29, 1.82) is 0 Å². The van der Waals surface area contributed by atoms with E-state index in [1.54, 1.807) is 25.1 Å². The zero-order valence-corrected chi connectivity index (χ0v) is 17.4. The standard InChI is InChI=1S/C19H32N4O5/c1-12(11-24)20-17(26)14(3)21-18(27)15(4)22-19(28)16(23(5)6)10-8-7-9-13(2)25/h7,9,11-12,14-16H,8,10H2,1-6H3,(H,20,26)(H,21,27)(H,22,28)/b9-7+. The van der Waals surface area contributed by atoms with Crippen LogP contribution >= 0.6 is 0 Å². The fraction of sp³-hybridized carbons (Fsp3) is 0.632. The molecule has 9 nitrogen and oxygen atoms in total. The van der Waals surface area contributed by atoms with Gasteiger partial charge in [0.05, 0.1) is 12.1 Å². The Bertz CT molecular complexity index is 603. The van der Waals surface area contributed by atoms with Crippen molar-refractivity contribution in [3.8, 4) is 0 Å². The van der Waals surface area contributed by atoms with Gasteiger partial charge in [0.1, 0.15) is 18.4 Å². The molecule has 28 heavy (non-hydrogen) atoms. The van der Waals surface area contributed by atoms with Gasteiger partial charge >= 0.3 is 0 Å². The minimum absolute atomic E-state index is 0.0585. The van der Waals surface area contributed by atoms with Crippen LogP contribution in [0.15, 0.2) is 12.2 Å². The Morgan fingerprint density at radius 2 is 1.39 bits per heavy atom. The van der Waals surface area contributed by atoms with Gasteiger partial charge in [0, 0.05) is 0 Å². The molecule has 4 atom stereocenters. The summed E-state index contributed by atoms with van der Waals surface area (Å²) in [5, 5.41) is 7.58. The maximum absolute atomic E-state index is 12.5. The van der Waals surface area contributed by atoms with Crippen molar-refractivity contribution >= 4 is 29.8 Å². The van der Waals surface area contributed by atoms with Gasteiger partial charge in [0.2, 0.25) is 17.7 Å². The lowest BCUT2D eigenvalue weighted by Crippen LogP contribution is -2.55. The van der Waals surface area contributed by atoms with E-state index in [9.17, 15) is 24.0 Å². The lowest BCUT2D eigenvalue weighted by molar-refractivity contribution is -0.133. The second-order valence-electron chi connectivity index (χ2n) is 6.96. The molecule has 0 aliphatic carbocycles. The molecule has 0 rings (SSSR count). The van der Waals surface area contributed by atoms with Crippen molar-refractivity contribution in [2.24, 2.45) is 0 Å². The second kappa shape index (κ2) is 12.8. The quantitative estimate of drug-likeness (QED) is 0.303. The first kappa shape index (κ1) is 25.4. The van der Waals surface area contributed by atoms with Crippen LogP contribution in [0, 0.1) is 0 Å². The SMILES string of the molecule is CC(=O)/C=C/CCC(C(=O)NC(C)C(=O)NC(C)C(=O)NC(C)C=O)N(C)C. The van der Waals surface area contributed by atoms with Crippen LogP contribution in [0.3, 0.4) is 0 Å². The number of carbonyl (C=O) groups is 5. The van der Waals surface area contributed by atoms with Crippen molar-refractivity contribution in [3.05, 3.63) is 12.2 Å². The zero-order valence-electron chi connectivity index (χ0n) is 17.4. The van der Waals surface area contributed by atoms with Crippen molar-refractivity contribution in [3.63, 3.8) is 0 Å². The number of nitrogens with zero attached hydrogens (tertiary/aromatic N) is 1. The third-order valence-electron chi connectivity index (χ3n) is 3.96. The van der Waals surface area contributed by atoms with Gasteiger partial charge in [0.15, 0.2) is 5.78 Å². The number of hydrogen-bond acceptors (Lipinski definition) is 6. The zero-order chi connectivity index (χ0) is 21.9. The Morgan fingerprint density at radius 3 is 1.86 bits per heavy atom. The highest BCUT2D eigenvalue weighted by molar-refractivity contribution is 5.93. The first-order valence-corrected chi connectivity index (χ1v) is 9.19. The predicted octanol–water partition coefficient (Wildman–Crippen LogP) is -0.445. The molecular formula is C19H32N4O5. The molecule has 0 aliphatic heterocycles. The molecule has 0 radical (unpaired) electrons. The molecule has 0 spiro atoms. The highest BCUT2D eigenvalue weighted by Gasteiger charge is 2.25. The summed E-state index contributed by atoms with van der Waals surface area (Å²) < 4.78 is 0. The summed E-state index contributed by atoms with van der Waals surface area (Å²) in [7, 11) is 3.51. The van der Waals surface area contributed by atoms with Gasteiger partial charge in [-0.25, -0.2) is 0 Å². The van der Waals surface area contributed by atoms with Gasteiger partial charge in [-0.1, -0.05) is 6.08 Å². The summed E-state index contributed by atoms with van der Waals surface area (Å²) in [6, 6.07) is -2.82. The third kappa shape index (κ3) is 9.96. The van der Waals surface area contributed by atoms with Gasteiger partial charge in [-0.3, -0.25) is 24.1 Å². The number of hydrogen-bond donors (Lipinski definition) is 3. The van der Waals surface area contributed by atoms with E-state index in [-0.39, 0.29) is 11.7 Å². The minimum Gasteiger partial charge on any atom is -0.345 e. The molecule has 3 amide bonds. The van der Waals surface area contributed by atoms with Crippen molar-refractivity contribution in [1.82, 2.24) is 20.9 Å². The molecule has 0 saturated carbocycles. The highest BCUT2D eigenvalue weighted by Crippen LogP contribution is 2.05. The lowest BCUT2D eigenvalue weighted by atomic mass is 10.1. The lowest BCUT2D eigenvalue weighted by Gasteiger charge is -2.25. The van der Waals surface area contributed by atoms with Crippen molar-refractivity contribution in [2.75, 3.05) is 14.1 Å². The van der Waals surface area contributed by atoms with Gasteiger partial charge in [0.25, 0.3) is 0 Å². The first-order valence-electron chi connectivity index (χ1n) is 9.19. The molecular weight excluding hydrogens is 364 g/mol. The topological polar surface area (TPSA) is 125 Å². The molecule has 158 valence electrons. The Morgan fingerprint density at radius 1 is 0.893 bits per heavy atom. The van der Waals surface area contributed by atoms with E-state index < -0.39 is 36.0 Å². The molecule has 9 heteroatoms. The van der Waals surface area contributed by atoms with Crippen molar-refractivity contribution < 1.29 is 24.0 Å². The van der Waals surface area contributed by atoms with Crippen LogP contribution in [0.4, 0.5) is 0 Å². The Kier molecular flexibility index (Phi) is 11.6. The van der Waals surface area contributed by atoms with Crippen LogP contribution in [0.5, 0.6) is 0 Å². The van der Waals surface area contributed by atoms with Crippen LogP contribution in [0.2, 0.25) is 0 Å². The molecule has 0 fully saturated rings. The largest absolute Gasteiger partial charge is 0.345 e. The van der Waals surface area contributed by atoms with Crippen LogP contribution in [0.1, 0.15) is 40.5 Å². The van der Waals surface area contributed by atoms with E-state index >= 15 is 0 Å². The monoisotopic (exact) mass is 396 g/mol. The molecule has 0 aromatic carbocycles. The maximum atomic E-state index is 12.5. The Labute approximate surface area is 166 Å². The average molecular weight is 396 g/mol. The molecule has 4 unspecified atom stereocenters.